The lowest BCUT2D eigenvalue weighted by Gasteiger charge is -2.34. The molecule has 1 unspecified atom stereocenters. The first-order valence-corrected chi connectivity index (χ1v) is 10.7. The number of aryl methyl sites for hydroxylation is 1. The second-order valence-electron chi connectivity index (χ2n) is 8.00. The number of halogens is 2. The van der Waals surface area contributed by atoms with Crippen molar-refractivity contribution in [3.8, 4) is 0 Å². The fourth-order valence-corrected chi connectivity index (χ4v) is 4.56. The minimum Gasteiger partial charge on any atom is -0.343 e. The van der Waals surface area contributed by atoms with Crippen molar-refractivity contribution in [1.82, 2.24) is 9.78 Å². The molecule has 5 rings (SSSR count). The molecule has 0 radical (unpaired) electrons. The number of anilines is 2. The van der Waals surface area contributed by atoms with Crippen LogP contribution in [-0.2, 0) is 4.79 Å². The van der Waals surface area contributed by atoms with Crippen molar-refractivity contribution in [3.05, 3.63) is 87.5 Å². The van der Waals surface area contributed by atoms with Crippen LogP contribution in [0.4, 0.5) is 15.9 Å². The van der Waals surface area contributed by atoms with Gasteiger partial charge < -0.3 is 10.6 Å². The van der Waals surface area contributed by atoms with Crippen LogP contribution in [0.2, 0.25) is 5.02 Å². The molecule has 6 nitrogen and oxygen atoms in total. The minimum absolute atomic E-state index is 0.0742. The van der Waals surface area contributed by atoms with Crippen LogP contribution < -0.4 is 10.6 Å². The third kappa shape index (κ3) is 3.39. The largest absolute Gasteiger partial charge is 0.343 e. The molecule has 162 valence electrons. The number of fused-ring (bicyclic) bond motifs is 1. The van der Waals surface area contributed by atoms with Gasteiger partial charge in [-0.2, -0.15) is 5.10 Å². The molecule has 8 heteroatoms. The van der Waals surface area contributed by atoms with Gasteiger partial charge in [0, 0.05) is 34.0 Å². The van der Waals surface area contributed by atoms with Crippen molar-refractivity contribution in [1.29, 1.82) is 0 Å². The zero-order chi connectivity index (χ0) is 22.4. The highest BCUT2D eigenvalue weighted by Crippen LogP contribution is 2.44. The third-order valence-electron chi connectivity index (χ3n) is 5.87. The van der Waals surface area contributed by atoms with E-state index in [4.69, 9.17) is 11.6 Å². The first-order valence-electron chi connectivity index (χ1n) is 10.4. The number of amides is 1. The number of hydrogen-bond acceptors (Lipinski definition) is 4. The Balaban J connectivity index is 1.61. The molecule has 1 aliphatic heterocycles. The Labute approximate surface area is 189 Å². The van der Waals surface area contributed by atoms with Gasteiger partial charge in [0.15, 0.2) is 5.78 Å². The Kier molecular flexibility index (Phi) is 5.06. The SMILES string of the molecule is Cc1ccc(NC(=O)c2cnn3c2NC2=C(C(=O)CCC2)C3c2c(F)cccc2Cl)cc1. The van der Waals surface area contributed by atoms with Gasteiger partial charge in [-0.05, 0) is 44.0 Å². The molecule has 2 N–H and O–H groups in total. The van der Waals surface area contributed by atoms with Crippen LogP contribution >= 0.6 is 11.6 Å². The van der Waals surface area contributed by atoms with Gasteiger partial charge in [-0.15, -0.1) is 0 Å². The van der Waals surface area contributed by atoms with E-state index in [0.29, 0.717) is 47.6 Å². The minimum atomic E-state index is -0.844. The van der Waals surface area contributed by atoms with E-state index >= 15 is 0 Å². The van der Waals surface area contributed by atoms with Crippen molar-refractivity contribution in [2.45, 2.75) is 32.2 Å². The van der Waals surface area contributed by atoms with E-state index in [9.17, 15) is 14.0 Å². The Bertz CT molecular complexity index is 1260. The van der Waals surface area contributed by atoms with Crippen molar-refractivity contribution < 1.29 is 14.0 Å². The Morgan fingerprint density at radius 1 is 1.22 bits per heavy atom. The van der Waals surface area contributed by atoms with E-state index in [1.165, 1.54) is 23.0 Å². The molecule has 1 aromatic heterocycles. The van der Waals surface area contributed by atoms with Crippen molar-refractivity contribution in [3.63, 3.8) is 0 Å². The van der Waals surface area contributed by atoms with E-state index in [0.717, 1.165) is 5.56 Å². The molecule has 0 spiro atoms. The second kappa shape index (κ2) is 7.91. The number of nitrogens with zero attached hydrogens (tertiary/aromatic N) is 2. The van der Waals surface area contributed by atoms with Crippen LogP contribution in [-0.4, -0.2) is 21.5 Å². The lowest BCUT2D eigenvalue weighted by Crippen LogP contribution is -2.32. The number of hydrogen-bond donors (Lipinski definition) is 2. The van der Waals surface area contributed by atoms with Crippen LogP contribution in [0.5, 0.6) is 0 Å². The zero-order valence-electron chi connectivity index (χ0n) is 17.3. The summed E-state index contributed by atoms with van der Waals surface area (Å²) in [6.45, 7) is 1.97. The molecule has 0 saturated carbocycles. The number of ketones is 1. The molecule has 0 fully saturated rings. The maximum Gasteiger partial charge on any atom is 0.261 e. The average molecular weight is 451 g/mol. The molecule has 2 aromatic carbocycles. The number of Topliss-reactive ketones (excluding diaryl/α,β-unsaturated/α-hetero) is 1. The van der Waals surface area contributed by atoms with E-state index in [-0.39, 0.29) is 22.3 Å². The summed E-state index contributed by atoms with van der Waals surface area (Å²) < 4.78 is 16.4. The lowest BCUT2D eigenvalue weighted by atomic mass is 9.85. The first kappa shape index (κ1) is 20.5. The van der Waals surface area contributed by atoms with Crippen LogP contribution in [0.1, 0.15) is 46.8 Å². The van der Waals surface area contributed by atoms with Crippen LogP contribution in [0.15, 0.2) is 59.9 Å². The van der Waals surface area contributed by atoms with Gasteiger partial charge in [0.25, 0.3) is 5.91 Å². The zero-order valence-corrected chi connectivity index (χ0v) is 18.0. The highest BCUT2D eigenvalue weighted by Gasteiger charge is 2.39. The summed E-state index contributed by atoms with van der Waals surface area (Å²) in [7, 11) is 0. The van der Waals surface area contributed by atoms with Crippen LogP contribution in [0.25, 0.3) is 0 Å². The summed E-state index contributed by atoms with van der Waals surface area (Å²) in [5.41, 5.74) is 3.34. The summed E-state index contributed by atoms with van der Waals surface area (Å²) in [5.74, 6) is -0.545. The van der Waals surface area contributed by atoms with E-state index < -0.39 is 11.9 Å². The standard InChI is InChI=1S/C24H20ClFN4O2/c1-13-8-10-14(11-9-13)28-24(32)15-12-27-30-22(20-16(25)4-2-5-17(20)26)21-18(29-23(15)30)6-3-7-19(21)31/h2,4-5,8-12,22,29H,3,6-7H2,1H3,(H,28,32). The lowest BCUT2D eigenvalue weighted by molar-refractivity contribution is -0.116. The molecule has 1 aliphatic carbocycles. The molecule has 3 aromatic rings. The quantitative estimate of drug-likeness (QED) is 0.570. The fourth-order valence-electron chi connectivity index (χ4n) is 4.30. The van der Waals surface area contributed by atoms with E-state index in [1.54, 1.807) is 6.07 Å². The molecule has 1 amide bonds. The number of nitrogens with one attached hydrogen (secondary N) is 2. The summed E-state index contributed by atoms with van der Waals surface area (Å²) in [6, 6.07) is 11.0. The molecule has 1 atom stereocenters. The van der Waals surface area contributed by atoms with Gasteiger partial charge in [-0.25, -0.2) is 9.07 Å². The average Bonchev–Trinajstić information content (AvgIpc) is 3.19. The topological polar surface area (TPSA) is 76.0 Å². The summed E-state index contributed by atoms with van der Waals surface area (Å²) in [5, 5.41) is 10.7. The molecule has 32 heavy (non-hydrogen) atoms. The van der Waals surface area contributed by atoms with Crippen molar-refractivity contribution in [2.24, 2.45) is 0 Å². The van der Waals surface area contributed by atoms with Crippen LogP contribution in [0.3, 0.4) is 0 Å². The fraction of sp³-hybridized carbons (Fsp3) is 0.208. The number of aromatic nitrogens is 2. The summed E-state index contributed by atoms with van der Waals surface area (Å²) in [4.78, 5) is 25.9. The maximum absolute atomic E-state index is 14.9. The monoisotopic (exact) mass is 450 g/mol. The smallest absolute Gasteiger partial charge is 0.261 e. The highest BCUT2D eigenvalue weighted by atomic mass is 35.5. The van der Waals surface area contributed by atoms with Gasteiger partial charge >= 0.3 is 0 Å². The second-order valence-corrected chi connectivity index (χ2v) is 8.41. The maximum atomic E-state index is 14.9. The number of allylic oxidation sites excluding steroid dienone is 2. The van der Waals surface area contributed by atoms with Gasteiger partial charge in [-0.3, -0.25) is 9.59 Å². The molecule has 2 heterocycles. The molecule has 0 bridgehead atoms. The van der Waals surface area contributed by atoms with Gasteiger partial charge in [-0.1, -0.05) is 35.4 Å². The first-order chi connectivity index (χ1) is 15.4. The number of carbonyl (C=O) groups excluding carboxylic acids is 2. The predicted molar refractivity (Wildman–Crippen MR) is 120 cm³/mol. The third-order valence-corrected chi connectivity index (χ3v) is 6.20. The molecule has 0 saturated heterocycles. The summed E-state index contributed by atoms with van der Waals surface area (Å²) >= 11 is 6.38. The Hall–Kier alpha value is -3.45. The molecule has 2 aliphatic rings. The normalized spacial score (nSPS) is 17.5. The number of carbonyl (C=O) groups is 2. The van der Waals surface area contributed by atoms with Gasteiger partial charge in [0.05, 0.1) is 6.20 Å². The number of rotatable bonds is 3. The summed E-state index contributed by atoms with van der Waals surface area (Å²) in [6.07, 6.45) is 3.10. The van der Waals surface area contributed by atoms with Crippen LogP contribution in [0, 0.1) is 12.7 Å². The Morgan fingerprint density at radius 2 is 2.00 bits per heavy atom. The van der Waals surface area contributed by atoms with E-state index in [2.05, 4.69) is 15.7 Å². The van der Waals surface area contributed by atoms with Crippen molar-refractivity contribution >= 4 is 34.8 Å². The molecular weight excluding hydrogens is 431 g/mol. The van der Waals surface area contributed by atoms with Crippen molar-refractivity contribution in [2.75, 3.05) is 10.6 Å². The highest BCUT2D eigenvalue weighted by molar-refractivity contribution is 6.31. The Morgan fingerprint density at radius 3 is 2.75 bits per heavy atom. The molecular formula is C24H20ClFN4O2. The van der Waals surface area contributed by atoms with E-state index in [1.807, 2.05) is 31.2 Å². The van der Waals surface area contributed by atoms with Gasteiger partial charge in [0.2, 0.25) is 0 Å². The van der Waals surface area contributed by atoms with Gasteiger partial charge in [0.1, 0.15) is 23.2 Å². The number of benzene rings is 2. The predicted octanol–water partition coefficient (Wildman–Crippen LogP) is 5.26.